The number of hydrogen-bond donors (Lipinski definition) is 0. The fourth-order valence-electron chi connectivity index (χ4n) is 3.91. The van der Waals surface area contributed by atoms with E-state index in [1.165, 1.54) is 12.1 Å². The summed E-state index contributed by atoms with van der Waals surface area (Å²) in [4.78, 5) is 0.230. The summed E-state index contributed by atoms with van der Waals surface area (Å²) < 4.78 is 59.3. The molecular formula is C19H26O8S. The summed E-state index contributed by atoms with van der Waals surface area (Å²) in [6.07, 6.45) is 0.0371. The molecule has 1 aromatic carbocycles. The third kappa shape index (κ3) is 3.67. The number of rotatable bonds is 4. The van der Waals surface area contributed by atoms with E-state index in [1.54, 1.807) is 12.1 Å². The van der Waals surface area contributed by atoms with Gasteiger partial charge < -0.3 is 28.4 Å². The maximum atomic E-state index is 11.6. The molecule has 0 bridgehead atoms. The smallest absolute Gasteiger partial charge is 0.235 e. The number of hydrogen-bond acceptors (Lipinski definition) is 8. The van der Waals surface area contributed by atoms with Gasteiger partial charge >= 0.3 is 0 Å². The summed E-state index contributed by atoms with van der Waals surface area (Å²) in [5.74, 6) is -2.25. The van der Waals surface area contributed by atoms with E-state index >= 15 is 0 Å². The van der Waals surface area contributed by atoms with Crippen LogP contribution in [0.1, 0.15) is 27.7 Å². The third-order valence-corrected chi connectivity index (χ3v) is 6.10. The van der Waals surface area contributed by atoms with Gasteiger partial charge in [0.15, 0.2) is 21.4 Å². The minimum atomic E-state index is -3.26. The summed E-state index contributed by atoms with van der Waals surface area (Å²) in [5.41, 5.74) is 0. The van der Waals surface area contributed by atoms with Gasteiger partial charge in [-0.15, -0.1) is 0 Å². The van der Waals surface area contributed by atoms with Crippen LogP contribution in [0.5, 0.6) is 5.75 Å². The zero-order chi connectivity index (χ0) is 20.4. The first kappa shape index (κ1) is 20.1. The van der Waals surface area contributed by atoms with Gasteiger partial charge in [0.25, 0.3) is 0 Å². The lowest BCUT2D eigenvalue weighted by molar-refractivity contribution is -0.290. The molecule has 3 fully saturated rings. The third-order valence-electron chi connectivity index (χ3n) is 4.97. The summed E-state index contributed by atoms with van der Waals surface area (Å²) in [6.45, 7) is 7.69. The van der Waals surface area contributed by atoms with Crippen LogP contribution >= 0.6 is 0 Å². The topological polar surface area (TPSA) is 89.5 Å². The van der Waals surface area contributed by atoms with Crippen LogP contribution < -0.4 is 4.74 Å². The Bertz CT molecular complexity index is 847. The van der Waals surface area contributed by atoms with Crippen LogP contribution in [0, 0.1) is 0 Å². The van der Waals surface area contributed by atoms with Crippen LogP contribution in [0.25, 0.3) is 0 Å². The van der Waals surface area contributed by atoms with Gasteiger partial charge in [0, 0.05) is 6.26 Å². The van der Waals surface area contributed by atoms with E-state index in [-0.39, 0.29) is 23.7 Å². The molecule has 0 amide bonds. The molecule has 156 valence electrons. The predicted octanol–water partition coefficient (Wildman–Crippen LogP) is 1.87. The molecule has 3 heterocycles. The normalized spacial score (nSPS) is 36.0. The van der Waals surface area contributed by atoms with E-state index in [2.05, 4.69) is 0 Å². The predicted molar refractivity (Wildman–Crippen MR) is 97.6 cm³/mol. The SMILES string of the molecule is CC1(C)OC2COC3(COc4ccc(S(C)(=O)=O)cc4)OC(C)(C)OC3C2O1. The lowest BCUT2D eigenvalue weighted by Gasteiger charge is -2.40. The number of benzene rings is 1. The molecule has 4 unspecified atom stereocenters. The Morgan fingerprint density at radius 3 is 2.36 bits per heavy atom. The zero-order valence-electron chi connectivity index (χ0n) is 16.6. The van der Waals surface area contributed by atoms with E-state index < -0.39 is 33.3 Å². The molecule has 28 heavy (non-hydrogen) atoms. The summed E-state index contributed by atoms with van der Waals surface area (Å²) >= 11 is 0. The van der Waals surface area contributed by atoms with Gasteiger partial charge in [-0.25, -0.2) is 8.42 Å². The second-order valence-corrected chi connectivity index (χ2v) is 10.3. The van der Waals surface area contributed by atoms with Crippen LogP contribution in [0.4, 0.5) is 0 Å². The van der Waals surface area contributed by atoms with Gasteiger partial charge in [0.2, 0.25) is 5.79 Å². The molecule has 8 nitrogen and oxygen atoms in total. The highest BCUT2D eigenvalue weighted by atomic mass is 32.2. The van der Waals surface area contributed by atoms with Crippen LogP contribution in [0.15, 0.2) is 29.2 Å². The molecule has 4 rings (SSSR count). The van der Waals surface area contributed by atoms with Crippen molar-refractivity contribution in [1.29, 1.82) is 0 Å². The first-order chi connectivity index (χ1) is 12.9. The highest BCUT2D eigenvalue weighted by Gasteiger charge is 2.65. The summed E-state index contributed by atoms with van der Waals surface area (Å²) in [7, 11) is -3.26. The summed E-state index contributed by atoms with van der Waals surface area (Å²) in [6, 6.07) is 6.22. The van der Waals surface area contributed by atoms with Crippen molar-refractivity contribution >= 4 is 9.84 Å². The Morgan fingerprint density at radius 1 is 1.04 bits per heavy atom. The molecule has 0 spiro atoms. The molecule has 3 saturated heterocycles. The lowest BCUT2D eigenvalue weighted by atomic mass is 9.97. The van der Waals surface area contributed by atoms with Gasteiger partial charge in [0.05, 0.1) is 11.5 Å². The minimum Gasteiger partial charge on any atom is -0.488 e. The Labute approximate surface area is 164 Å². The van der Waals surface area contributed by atoms with Gasteiger partial charge in [-0.1, -0.05) is 0 Å². The molecule has 3 aliphatic heterocycles. The molecule has 0 N–H and O–H groups in total. The van der Waals surface area contributed by atoms with Gasteiger partial charge in [-0.05, 0) is 52.0 Å². The minimum absolute atomic E-state index is 0.0618. The van der Waals surface area contributed by atoms with E-state index in [4.69, 9.17) is 28.4 Å². The Morgan fingerprint density at radius 2 is 1.71 bits per heavy atom. The maximum absolute atomic E-state index is 11.6. The highest BCUT2D eigenvalue weighted by Crippen LogP contribution is 2.47. The fourth-order valence-corrected chi connectivity index (χ4v) is 4.55. The summed E-state index contributed by atoms with van der Waals surface area (Å²) in [5, 5.41) is 0. The van der Waals surface area contributed by atoms with Crippen LogP contribution in [0.2, 0.25) is 0 Å². The van der Waals surface area contributed by atoms with Gasteiger partial charge in [-0.3, -0.25) is 0 Å². The maximum Gasteiger partial charge on any atom is 0.235 e. The van der Waals surface area contributed by atoms with Crippen molar-refractivity contribution in [1.82, 2.24) is 0 Å². The molecular weight excluding hydrogens is 388 g/mol. The zero-order valence-corrected chi connectivity index (χ0v) is 17.4. The van der Waals surface area contributed by atoms with Crippen molar-refractivity contribution in [2.45, 2.75) is 68.3 Å². The molecule has 0 radical (unpaired) electrons. The van der Waals surface area contributed by atoms with Crippen molar-refractivity contribution in [3.8, 4) is 5.75 Å². The van der Waals surface area contributed by atoms with Crippen molar-refractivity contribution in [3.63, 3.8) is 0 Å². The van der Waals surface area contributed by atoms with E-state index in [0.717, 1.165) is 6.26 Å². The van der Waals surface area contributed by atoms with Gasteiger partial charge in [0.1, 0.15) is 30.7 Å². The Hall–Kier alpha value is -1.23. The molecule has 0 aromatic heterocycles. The molecule has 3 aliphatic rings. The van der Waals surface area contributed by atoms with E-state index in [1.807, 2.05) is 27.7 Å². The second kappa shape index (κ2) is 6.38. The van der Waals surface area contributed by atoms with Crippen molar-refractivity contribution in [3.05, 3.63) is 24.3 Å². The monoisotopic (exact) mass is 414 g/mol. The van der Waals surface area contributed by atoms with Crippen molar-refractivity contribution < 1.29 is 36.8 Å². The lowest BCUT2D eigenvalue weighted by Crippen LogP contribution is -2.61. The van der Waals surface area contributed by atoms with Crippen LogP contribution in [-0.2, 0) is 33.5 Å². The molecule has 1 aromatic rings. The highest BCUT2D eigenvalue weighted by molar-refractivity contribution is 7.90. The van der Waals surface area contributed by atoms with Crippen molar-refractivity contribution in [2.75, 3.05) is 19.5 Å². The van der Waals surface area contributed by atoms with Crippen molar-refractivity contribution in [2.24, 2.45) is 0 Å². The standard InChI is InChI=1S/C19H26O8S/c1-17(2)24-14-10-23-19(16(15(14)25-17)26-18(3,4)27-19)11-22-12-6-8-13(9-7-12)28(5,20)21/h6-9,14-16H,10-11H2,1-5H3. The Kier molecular flexibility index (Phi) is 4.57. The molecule has 4 atom stereocenters. The molecule has 9 heteroatoms. The quantitative estimate of drug-likeness (QED) is 0.738. The number of sulfone groups is 1. The number of ether oxygens (including phenoxy) is 6. The van der Waals surface area contributed by atoms with Gasteiger partial charge in [-0.2, -0.15) is 0 Å². The average Bonchev–Trinajstić information content (AvgIpc) is 3.04. The number of fused-ring (bicyclic) bond motifs is 3. The Balaban J connectivity index is 1.53. The second-order valence-electron chi connectivity index (χ2n) is 8.33. The van der Waals surface area contributed by atoms with Crippen LogP contribution in [-0.4, -0.2) is 63.6 Å². The molecule has 0 aliphatic carbocycles. The average molecular weight is 414 g/mol. The van der Waals surface area contributed by atoms with E-state index in [9.17, 15) is 8.42 Å². The van der Waals surface area contributed by atoms with E-state index in [0.29, 0.717) is 12.4 Å². The largest absolute Gasteiger partial charge is 0.488 e. The fraction of sp³-hybridized carbons (Fsp3) is 0.684. The van der Waals surface area contributed by atoms with Crippen LogP contribution in [0.3, 0.4) is 0 Å². The first-order valence-electron chi connectivity index (χ1n) is 9.20. The molecule has 0 saturated carbocycles. The first-order valence-corrected chi connectivity index (χ1v) is 11.1.